The van der Waals surface area contributed by atoms with Crippen molar-refractivity contribution >= 4 is 0 Å². The summed E-state index contributed by atoms with van der Waals surface area (Å²) in [5.41, 5.74) is -5.08. The highest BCUT2D eigenvalue weighted by Crippen LogP contribution is 2.38. The lowest BCUT2D eigenvalue weighted by Crippen LogP contribution is -2.14. The summed E-state index contributed by atoms with van der Waals surface area (Å²) in [7, 11) is 0. The zero-order chi connectivity index (χ0) is 20.5. The van der Waals surface area contributed by atoms with Crippen LogP contribution in [0.15, 0.2) is 71.7 Å². The summed E-state index contributed by atoms with van der Waals surface area (Å²) in [6.07, 6.45) is -8.43. The van der Waals surface area contributed by atoms with Gasteiger partial charge in [-0.25, -0.2) is 0 Å². The van der Waals surface area contributed by atoms with Crippen LogP contribution in [-0.4, -0.2) is 4.98 Å². The molecule has 0 unspecified atom stereocenters. The van der Waals surface area contributed by atoms with E-state index in [1.54, 1.807) is 0 Å². The zero-order valence-corrected chi connectivity index (χ0v) is 14.0. The minimum Gasteiger partial charge on any atom is -0.287 e. The number of halogens is 6. The second kappa shape index (κ2) is 7.10. The van der Waals surface area contributed by atoms with Gasteiger partial charge in [-0.1, -0.05) is 36.4 Å². The van der Waals surface area contributed by atoms with Crippen molar-refractivity contribution in [2.24, 2.45) is 0 Å². The van der Waals surface area contributed by atoms with E-state index in [0.717, 1.165) is 48.7 Å². The molecule has 8 heteroatoms. The van der Waals surface area contributed by atoms with Crippen LogP contribution in [0.1, 0.15) is 11.1 Å². The SMILES string of the molecule is O=c1c(-c2ccccc2C(F)(F)F)cccnc1-c1ccccc1C(F)(F)F. The molecule has 0 bridgehead atoms. The first kappa shape index (κ1) is 19.6. The number of rotatable bonds is 2. The van der Waals surface area contributed by atoms with E-state index in [9.17, 15) is 31.1 Å². The minimum absolute atomic E-state index is 0.391. The van der Waals surface area contributed by atoms with Gasteiger partial charge in [-0.3, -0.25) is 9.78 Å². The first-order chi connectivity index (χ1) is 13.1. The van der Waals surface area contributed by atoms with Crippen LogP contribution >= 0.6 is 0 Å². The van der Waals surface area contributed by atoms with E-state index in [1.165, 1.54) is 18.2 Å². The minimum atomic E-state index is -4.76. The zero-order valence-electron chi connectivity index (χ0n) is 14.0. The van der Waals surface area contributed by atoms with E-state index in [-0.39, 0.29) is 0 Å². The van der Waals surface area contributed by atoms with Crippen molar-refractivity contribution in [1.29, 1.82) is 0 Å². The van der Waals surface area contributed by atoms with Crippen LogP contribution < -0.4 is 5.43 Å². The molecule has 0 aliphatic carbocycles. The number of nitrogens with zero attached hydrogens (tertiary/aromatic N) is 1. The molecule has 0 fully saturated rings. The Balaban J connectivity index is 2.34. The van der Waals surface area contributed by atoms with Gasteiger partial charge in [-0.15, -0.1) is 0 Å². The van der Waals surface area contributed by atoms with Gasteiger partial charge in [0.1, 0.15) is 5.69 Å². The molecule has 144 valence electrons. The van der Waals surface area contributed by atoms with E-state index in [2.05, 4.69) is 4.98 Å². The molecular weight excluding hydrogens is 384 g/mol. The summed E-state index contributed by atoms with van der Waals surface area (Å²) in [5, 5.41) is 0. The summed E-state index contributed by atoms with van der Waals surface area (Å²) in [5.74, 6) is 0. The van der Waals surface area contributed by atoms with E-state index in [1.807, 2.05) is 0 Å². The van der Waals surface area contributed by atoms with Gasteiger partial charge in [0.15, 0.2) is 0 Å². The fourth-order valence-electron chi connectivity index (χ4n) is 2.82. The number of benzene rings is 2. The molecule has 3 aromatic rings. The molecule has 28 heavy (non-hydrogen) atoms. The second-order valence-electron chi connectivity index (χ2n) is 5.82. The van der Waals surface area contributed by atoms with Gasteiger partial charge >= 0.3 is 12.4 Å². The maximum atomic E-state index is 13.3. The summed E-state index contributed by atoms with van der Waals surface area (Å²) < 4.78 is 80.0. The maximum absolute atomic E-state index is 13.3. The van der Waals surface area contributed by atoms with Crippen molar-refractivity contribution in [3.63, 3.8) is 0 Å². The fraction of sp³-hybridized carbons (Fsp3) is 0.100. The maximum Gasteiger partial charge on any atom is 0.417 e. The van der Waals surface area contributed by atoms with Crippen molar-refractivity contribution in [2.45, 2.75) is 12.4 Å². The Morgan fingerprint density at radius 1 is 0.607 bits per heavy atom. The number of alkyl halides is 6. The van der Waals surface area contributed by atoms with Crippen LogP contribution in [0.5, 0.6) is 0 Å². The molecule has 0 saturated heterocycles. The van der Waals surface area contributed by atoms with Crippen molar-refractivity contribution in [2.75, 3.05) is 0 Å². The van der Waals surface area contributed by atoms with Crippen LogP contribution in [0.25, 0.3) is 22.4 Å². The van der Waals surface area contributed by atoms with Crippen molar-refractivity contribution in [3.05, 3.63) is 88.2 Å². The van der Waals surface area contributed by atoms with Crippen LogP contribution in [0, 0.1) is 0 Å². The predicted molar refractivity (Wildman–Crippen MR) is 91.4 cm³/mol. The lowest BCUT2D eigenvalue weighted by atomic mass is 9.97. The van der Waals surface area contributed by atoms with Gasteiger partial charge < -0.3 is 0 Å². The third-order valence-corrected chi connectivity index (χ3v) is 4.02. The third-order valence-electron chi connectivity index (χ3n) is 4.02. The normalized spacial score (nSPS) is 12.1. The van der Waals surface area contributed by atoms with Gasteiger partial charge in [0.25, 0.3) is 0 Å². The van der Waals surface area contributed by atoms with E-state index < -0.39 is 51.3 Å². The fourth-order valence-corrected chi connectivity index (χ4v) is 2.82. The third kappa shape index (κ3) is 3.76. The van der Waals surface area contributed by atoms with Gasteiger partial charge in [-0.2, -0.15) is 26.3 Å². The molecule has 0 N–H and O–H groups in total. The highest BCUT2D eigenvalue weighted by atomic mass is 19.4. The van der Waals surface area contributed by atoms with Gasteiger partial charge in [0.05, 0.1) is 11.1 Å². The van der Waals surface area contributed by atoms with E-state index in [4.69, 9.17) is 0 Å². The van der Waals surface area contributed by atoms with Gasteiger partial charge in [0, 0.05) is 17.3 Å². The summed E-state index contributed by atoms with van der Waals surface area (Å²) in [4.78, 5) is 16.7. The first-order valence-corrected chi connectivity index (χ1v) is 7.93. The molecule has 2 aromatic carbocycles. The molecule has 1 aromatic heterocycles. The highest BCUT2D eigenvalue weighted by molar-refractivity contribution is 5.73. The largest absolute Gasteiger partial charge is 0.417 e. The molecule has 2 nitrogen and oxygen atoms in total. The second-order valence-corrected chi connectivity index (χ2v) is 5.82. The molecule has 0 aliphatic rings. The lowest BCUT2D eigenvalue weighted by Gasteiger charge is -2.13. The number of hydrogen-bond donors (Lipinski definition) is 0. The molecular formula is C20H11F6NO. The Kier molecular flexibility index (Phi) is 4.97. The molecule has 0 aliphatic heterocycles. The van der Waals surface area contributed by atoms with Crippen LogP contribution in [0.3, 0.4) is 0 Å². The summed E-state index contributed by atoms with van der Waals surface area (Å²) in [6, 6.07) is 11.0. The number of aromatic nitrogens is 1. The molecule has 0 atom stereocenters. The summed E-state index contributed by atoms with van der Waals surface area (Å²) in [6.45, 7) is 0. The molecule has 0 saturated carbocycles. The van der Waals surface area contributed by atoms with Crippen LogP contribution in [0.2, 0.25) is 0 Å². The van der Waals surface area contributed by atoms with Crippen LogP contribution in [-0.2, 0) is 12.4 Å². The standard InChI is InChI=1S/C20H11F6NO/c21-19(22,23)15-9-3-1-6-12(15)13-8-5-11-27-17(18(13)28)14-7-2-4-10-16(14)20(24,25)26/h1-11H. The smallest absolute Gasteiger partial charge is 0.287 e. The average Bonchev–Trinajstić information content (AvgIpc) is 2.82. The highest BCUT2D eigenvalue weighted by Gasteiger charge is 2.36. The van der Waals surface area contributed by atoms with E-state index in [0.29, 0.717) is 0 Å². The Bertz CT molecular complexity index is 990. The van der Waals surface area contributed by atoms with Crippen molar-refractivity contribution in [3.8, 4) is 22.4 Å². The van der Waals surface area contributed by atoms with Crippen molar-refractivity contribution in [1.82, 2.24) is 4.98 Å². The molecule has 0 amide bonds. The topological polar surface area (TPSA) is 30.0 Å². The average molecular weight is 395 g/mol. The lowest BCUT2D eigenvalue weighted by molar-refractivity contribution is -0.137. The molecule has 3 rings (SSSR count). The Morgan fingerprint density at radius 3 is 1.64 bits per heavy atom. The van der Waals surface area contributed by atoms with Crippen molar-refractivity contribution < 1.29 is 26.3 Å². The molecule has 1 heterocycles. The van der Waals surface area contributed by atoms with Gasteiger partial charge in [-0.05, 0) is 29.8 Å². The Morgan fingerprint density at radius 2 is 1.07 bits per heavy atom. The van der Waals surface area contributed by atoms with E-state index >= 15 is 0 Å². The number of hydrogen-bond acceptors (Lipinski definition) is 2. The molecule has 0 radical (unpaired) electrons. The summed E-state index contributed by atoms with van der Waals surface area (Å²) >= 11 is 0. The Labute approximate surface area is 155 Å². The molecule has 0 spiro atoms. The van der Waals surface area contributed by atoms with Gasteiger partial charge in [0.2, 0.25) is 5.43 Å². The quantitative estimate of drug-likeness (QED) is 0.513. The monoisotopic (exact) mass is 395 g/mol. The first-order valence-electron chi connectivity index (χ1n) is 7.93. The van der Waals surface area contributed by atoms with Crippen LogP contribution in [0.4, 0.5) is 26.3 Å². The Hall–Kier alpha value is -3.16. The predicted octanol–water partition coefficient (Wildman–Crippen LogP) is 5.81.